The molecule has 1 heterocycles. The van der Waals surface area contributed by atoms with Gasteiger partial charge < -0.3 is 5.11 Å². The molecular weight excluding hydrogens is 396 g/mol. The number of halogens is 1. The van der Waals surface area contributed by atoms with Gasteiger partial charge in [0.15, 0.2) is 0 Å². The van der Waals surface area contributed by atoms with Gasteiger partial charge >= 0.3 is 5.97 Å². The van der Waals surface area contributed by atoms with E-state index < -0.39 is 5.97 Å². The van der Waals surface area contributed by atoms with Gasteiger partial charge in [0.1, 0.15) is 0 Å². The molecule has 0 fully saturated rings. The van der Waals surface area contributed by atoms with Gasteiger partial charge in [0.2, 0.25) is 5.91 Å². The van der Waals surface area contributed by atoms with E-state index in [4.69, 9.17) is 5.11 Å². The van der Waals surface area contributed by atoms with Crippen LogP contribution >= 0.6 is 15.9 Å². The first-order chi connectivity index (χ1) is 12.4. The molecule has 1 amide bonds. The summed E-state index contributed by atoms with van der Waals surface area (Å²) in [6.07, 6.45) is 0.345. The van der Waals surface area contributed by atoms with Gasteiger partial charge in [-0.05, 0) is 30.2 Å². The van der Waals surface area contributed by atoms with Crippen LogP contribution in [0, 0.1) is 6.92 Å². The molecule has 1 N–H and O–H groups in total. The molecule has 0 saturated heterocycles. The fourth-order valence-corrected chi connectivity index (χ4v) is 3.20. The second kappa shape index (κ2) is 7.83. The number of nitrogens with zero attached hydrogens (tertiary/aromatic N) is 2. The summed E-state index contributed by atoms with van der Waals surface area (Å²) in [5, 5.41) is 14.9. The molecule has 2 aromatic carbocycles. The Morgan fingerprint density at radius 1 is 1.12 bits per heavy atom. The van der Waals surface area contributed by atoms with Crippen LogP contribution < -0.4 is 0 Å². The summed E-state index contributed by atoms with van der Waals surface area (Å²) in [4.78, 5) is 23.4. The Labute approximate surface area is 160 Å². The van der Waals surface area contributed by atoms with Crippen LogP contribution in [0.4, 0.5) is 0 Å². The van der Waals surface area contributed by atoms with E-state index in [1.165, 1.54) is 5.01 Å². The standard InChI is InChI=1S/C20H19BrN2O3/c1-13-2-4-15(5-3-13)18-12-17(14-6-8-16(21)9-7-14)22-23(18)19(24)10-11-20(25)26/h2-9,18H,10-12H2,1H3,(H,25,26). The maximum Gasteiger partial charge on any atom is 0.303 e. The van der Waals surface area contributed by atoms with Crippen LogP contribution in [-0.2, 0) is 9.59 Å². The Kier molecular flexibility index (Phi) is 5.52. The minimum Gasteiger partial charge on any atom is -0.481 e. The molecule has 0 saturated carbocycles. The Morgan fingerprint density at radius 3 is 2.38 bits per heavy atom. The highest BCUT2D eigenvalue weighted by Crippen LogP contribution is 2.33. The van der Waals surface area contributed by atoms with Crippen LogP contribution in [0.2, 0.25) is 0 Å². The van der Waals surface area contributed by atoms with Crippen LogP contribution in [0.5, 0.6) is 0 Å². The number of carbonyl (C=O) groups is 2. The Balaban J connectivity index is 1.89. The van der Waals surface area contributed by atoms with Gasteiger partial charge in [-0.3, -0.25) is 9.59 Å². The van der Waals surface area contributed by atoms with Crippen LogP contribution in [0.3, 0.4) is 0 Å². The van der Waals surface area contributed by atoms with E-state index in [1.54, 1.807) is 0 Å². The van der Waals surface area contributed by atoms with E-state index in [0.29, 0.717) is 6.42 Å². The van der Waals surface area contributed by atoms with Crippen molar-refractivity contribution in [2.24, 2.45) is 5.10 Å². The van der Waals surface area contributed by atoms with E-state index in [1.807, 2.05) is 55.5 Å². The number of carboxylic acid groups (broad SMARTS) is 1. The summed E-state index contributed by atoms with van der Waals surface area (Å²) in [5.41, 5.74) is 3.92. The largest absolute Gasteiger partial charge is 0.481 e. The lowest BCUT2D eigenvalue weighted by Gasteiger charge is -2.22. The number of hydrazone groups is 1. The predicted octanol–water partition coefficient (Wildman–Crippen LogP) is 4.30. The van der Waals surface area contributed by atoms with Crippen molar-refractivity contribution in [1.82, 2.24) is 5.01 Å². The van der Waals surface area contributed by atoms with Crippen LogP contribution in [0.25, 0.3) is 0 Å². The molecule has 0 aromatic heterocycles. The predicted molar refractivity (Wildman–Crippen MR) is 103 cm³/mol. The van der Waals surface area contributed by atoms with E-state index >= 15 is 0 Å². The number of hydrogen-bond acceptors (Lipinski definition) is 3. The normalized spacial score (nSPS) is 16.5. The van der Waals surface area contributed by atoms with Crippen LogP contribution in [0.1, 0.15) is 42.0 Å². The molecule has 5 nitrogen and oxygen atoms in total. The van der Waals surface area contributed by atoms with Gasteiger partial charge in [-0.25, -0.2) is 5.01 Å². The minimum absolute atomic E-state index is 0.0607. The van der Waals surface area contributed by atoms with E-state index in [-0.39, 0.29) is 24.8 Å². The first-order valence-electron chi connectivity index (χ1n) is 8.38. The Morgan fingerprint density at radius 2 is 1.77 bits per heavy atom. The fourth-order valence-electron chi connectivity index (χ4n) is 2.93. The number of carbonyl (C=O) groups excluding carboxylic acids is 1. The summed E-state index contributed by atoms with van der Waals surface area (Å²) in [6, 6.07) is 15.6. The zero-order chi connectivity index (χ0) is 18.7. The van der Waals surface area contributed by atoms with Gasteiger partial charge in [0.05, 0.1) is 18.2 Å². The lowest BCUT2D eigenvalue weighted by Crippen LogP contribution is -2.27. The smallest absolute Gasteiger partial charge is 0.303 e. The second-order valence-corrected chi connectivity index (χ2v) is 7.23. The molecule has 26 heavy (non-hydrogen) atoms. The molecular formula is C20H19BrN2O3. The topological polar surface area (TPSA) is 70.0 Å². The van der Waals surface area contributed by atoms with Gasteiger partial charge in [0, 0.05) is 17.3 Å². The molecule has 3 rings (SSSR count). The van der Waals surface area contributed by atoms with Crippen molar-refractivity contribution in [3.8, 4) is 0 Å². The molecule has 1 atom stereocenters. The van der Waals surface area contributed by atoms with Gasteiger partial charge in [0.25, 0.3) is 0 Å². The molecule has 1 aliphatic rings. The molecule has 1 aliphatic heterocycles. The first kappa shape index (κ1) is 18.3. The molecule has 0 spiro atoms. The number of aryl methyl sites for hydroxylation is 1. The summed E-state index contributed by atoms with van der Waals surface area (Å²) in [7, 11) is 0. The van der Waals surface area contributed by atoms with E-state index in [9.17, 15) is 9.59 Å². The maximum atomic E-state index is 12.6. The Hall–Kier alpha value is -2.47. The van der Waals surface area contributed by atoms with Gasteiger partial charge in [-0.15, -0.1) is 0 Å². The van der Waals surface area contributed by atoms with Crippen molar-refractivity contribution in [2.75, 3.05) is 0 Å². The summed E-state index contributed by atoms with van der Waals surface area (Å²) >= 11 is 3.42. The third kappa shape index (κ3) is 4.19. The number of rotatable bonds is 5. The lowest BCUT2D eigenvalue weighted by atomic mass is 9.97. The molecule has 134 valence electrons. The maximum absolute atomic E-state index is 12.6. The third-order valence-electron chi connectivity index (χ3n) is 4.36. The molecule has 0 radical (unpaired) electrons. The zero-order valence-corrected chi connectivity index (χ0v) is 15.9. The van der Waals surface area contributed by atoms with Crippen molar-refractivity contribution >= 4 is 33.5 Å². The van der Waals surface area contributed by atoms with Gasteiger partial charge in [-0.2, -0.15) is 5.10 Å². The molecule has 6 heteroatoms. The van der Waals surface area contributed by atoms with Crippen molar-refractivity contribution in [3.63, 3.8) is 0 Å². The van der Waals surface area contributed by atoms with Gasteiger partial charge in [-0.1, -0.05) is 57.9 Å². The number of amides is 1. The number of benzene rings is 2. The third-order valence-corrected chi connectivity index (χ3v) is 4.89. The van der Waals surface area contributed by atoms with Crippen LogP contribution in [-0.4, -0.2) is 27.7 Å². The average molecular weight is 415 g/mol. The second-order valence-electron chi connectivity index (χ2n) is 6.32. The highest BCUT2D eigenvalue weighted by atomic mass is 79.9. The van der Waals surface area contributed by atoms with E-state index in [2.05, 4.69) is 21.0 Å². The lowest BCUT2D eigenvalue weighted by molar-refractivity contribution is -0.141. The molecule has 0 aliphatic carbocycles. The zero-order valence-electron chi connectivity index (χ0n) is 14.4. The van der Waals surface area contributed by atoms with Crippen molar-refractivity contribution in [1.29, 1.82) is 0 Å². The monoisotopic (exact) mass is 414 g/mol. The van der Waals surface area contributed by atoms with Crippen molar-refractivity contribution < 1.29 is 14.7 Å². The highest BCUT2D eigenvalue weighted by Gasteiger charge is 2.32. The minimum atomic E-state index is -0.985. The molecule has 2 aromatic rings. The summed E-state index contributed by atoms with van der Waals surface area (Å²) in [5.74, 6) is -1.26. The number of aliphatic carboxylic acids is 1. The summed E-state index contributed by atoms with van der Waals surface area (Å²) < 4.78 is 0.976. The highest BCUT2D eigenvalue weighted by molar-refractivity contribution is 9.10. The fraction of sp³-hybridized carbons (Fsp3) is 0.250. The van der Waals surface area contributed by atoms with E-state index in [0.717, 1.165) is 26.9 Å². The number of hydrogen-bond donors (Lipinski definition) is 1. The van der Waals surface area contributed by atoms with Crippen molar-refractivity contribution in [3.05, 3.63) is 69.7 Å². The SMILES string of the molecule is Cc1ccc(C2CC(c3ccc(Br)cc3)=NN2C(=O)CCC(=O)O)cc1. The number of carboxylic acids is 1. The molecule has 0 bridgehead atoms. The van der Waals surface area contributed by atoms with Crippen molar-refractivity contribution in [2.45, 2.75) is 32.2 Å². The van der Waals surface area contributed by atoms with Crippen LogP contribution in [0.15, 0.2) is 58.1 Å². The summed E-state index contributed by atoms with van der Waals surface area (Å²) in [6.45, 7) is 2.01. The first-order valence-corrected chi connectivity index (χ1v) is 9.17. The quantitative estimate of drug-likeness (QED) is 0.792. The molecule has 1 unspecified atom stereocenters. The average Bonchev–Trinajstić information content (AvgIpc) is 3.06. The Bertz CT molecular complexity index is 844.